The van der Waals surface area contributed by atoms with E-state index in [1.54, 1.807) is 6.07 Å². The average molecular weight is 319 g/mol. The van der Waals surface area contributed by atoms with Crippen LogP contribution >= 0.6 is 0 Å². The number of fused-ring (bicyclic) bond motifs is 1. The maximum atomic E-state index is 6.30. The third-order valence-electron chi connectivity index (χ3n) is 4.51. The van der Waals surface area contributed by atoms with Crippen LogP contribution in [0.25, 0.3) is 22.0 Å². The standard InChI is InChI=1S/C20H21N3O/c21-20-7-3-6-18(23-20)16-8-9-19(17-5-2-1-4-15(16)17)24-14-10-12-22-13-11-14/h1-9,14,22H,10-13H2,(H2,21,23). The summed E-state index contributed by atoms with van der Waals surface area (Å²) in [5, 5.41) is 5.64. The molecule has 24 heavy (non-hydrogen) atoms. The van der Waals surface area contributed by atoms with Gasteiger partial charge in [-0.05, 0) is 55.6 Å². The molecule has 3 N–H and O–H groups in total. The van der Waals surface area contributed by atoms with Crippen molar-refractivity contribution in [3.8, 4) is 17.0 Å². The van der Waals surface area contributed by atoms with E-state index in [9.17, 15) is 0 Å². The van der Waals surface area contributed by atoms with Gasteiger partial charge in [-0.15, -0.1) is 0 Å². The van der Waals surface area contributed by atoms with E-state index in [1.165, 1.54) is 0 Å². The fourth-order valence-electron chi connectivity index (χ4n) is 3.29. The fraction of sp³-hybridized carbons (Fsp3) is 0.250. The molecule has 1 aromatic heterocycles. The Bertz CT molecular complexity index is 856. The number of hydrogen-bond donors (Lipinski definition) is 2. The quantitative estimate of drug-likeness (QED) is 0.774. The first-order valence-electron chi connectivity index (χ1n) is 8.43. The first kappa shape index (κ1) is 15.0. The van der Waals surface area contributed by atoms with Gasteiger partial charge in [0.15, 0.2) is 0 Å². The molecule has 1 aliphatic heterocycles. The Kier molecular flexibility index (Phi) is 4.05. The molecular formula is C20H21N3O. The van der Waals surface area contributed by atoms with E-state index in [0.717, 1.165) is 53.7 Å². The minimum absolute atomic E-state index is 0.283. The largest absolute Gasteiger partial charge is 0.490 e. The average Bonchev–Trinajstić information content (AvgIpc) is 2.63. The highest BCUT2D eigenvalue weighted by atomic mass is 16.5. The molecule has 0 unspecified atom stereocenters. The number of hydrogen-bond acceptors (Lipinski definition) is 4. The van der Waals surface area contributed by atoms with Crippen LogP contribution in [0, 0.1) is 0 Å². The van der Waals surface area contributed by atoms with Gasteiger partial charge in [0.1, 0.15) is 17.7 Å². The van der Waals surface area contributed by atoms with Crippen molar-refractivity contribution in [1.82, 2.24) is 10.3 Å². The second-order valence-corrected chi connectivity index (χ2v) is 6.17. The van der Waals surface area contributed by atoms with E-state index < -0.39 is 0 Å². The second kappa shape index (κ2) is 6.49. The minimum atomic E-state index is 0.283. The van der Waals surface area contributed by atoms with E-state index in [1.807, 2.05) is 24.3 Å². The van der Waals surface area contributed by atoms with Gasteiger partial charge in [-0.3, -0.25) is 0 Å². The smallest absolute Gasteiger partial charge is 0.127 e. The maximum Gasteiger partial charge on any atom is 0.127 e. The summed E-state index contributed by atoms with van der Waals surface area (Å²) in [5.41, 5.74) is 7.82. The Balaban J connectivity index is 1.77. The Labute approximate surface area is 141 Å². The summed E-state index contributed by atoms with van der Waals surface area (Å²) >= 11 is 0. The lowest BCUT2D eigenvalue weighted by Crippen LogP contribution is -2.34. The van der Waals surface area contributed by atoms with Gasteiger partial charge >= 0.3 is 0 Å². The van der Waals surface area contributed by atoms with Crippen LogP contribution in [-0.2, 0) is 0 Å². The molecule has 0 radical (unpaired) electrons. The molecule has 0 amide bonds. The molecule has 122 valence electrons. The molecule has 0 atom stereocenters. The first-order valence-corrected chi connectivity index (χ1v) is 8.43. The predicted octanol–water partition coefficient (Wildman–Crippen LogP) is 3.61. The summed E-state index contributed by atoms with van der Waals surface area (Å²) in [7, 11) is 0. The number of aromatic nitrogens is 1. The predicted molar refractivity (Wildman–Crippen MR) is 98.1 cm³/mol. The Morgan fingerprint density at radius 2 is 1.71 bits per heavy atom. The van der Waals surface area contributed by atoms with Crippen molar-refractivity contribution in [2.45, 2.75) is 18.9 Å². The van der Waals surface area contributed by atoms with E-state index in [4.69, 9.17) is 10.5 Å². The summed E-state index contributed by atoms with van der Waals surface area (Å²) in [5.74, 6) is 1.48. The highest BCUT2D eigenvalue weighted by Gasteiger charge is 2.17. The van der Waals surface area contributed by atoms with Crippen molar-refractivity contribution < 1.29 is 4.74 Å². The van der Waals surface area contributed by atoms with Gasteiger partial charge < -0.3 is 15.8 Å². The van der Waals surface area contributed by atoms with E-state index in [0.29, 0.717) is 5.82 Å². The molecule has 4 rings (SSSR count). The highest BCUT2D eigenvalue weighted by Crippen LogP contribution is 2.34. The number of rotatable bonds is 3. The minimum Gasteiger partial charge on any atom is -0.490 e. The van der Waals surface area contributed by atoms with Crippen LogP contribution in [0.2, 0.25) is 0 Å². The molecule has 1 aliphatic rings. The zero-order chi connectivity index (χ0) is 16.4. The van der Waals surface area contributed by atoms with Crippen LogP contribution in [-0.4, -0.2) is 24.2 Å². The van der Waals surface area contributed by atoms with Crippen molar-refractivity contribution in [3.63, 3.8) is 0 Å². The number of nitrogens with zero attached hydrogens (tertiary/aromatic N) is 1. The number of benzene rings is 2. The lowest BCUT2D eigenvalue weighted by Gasteiger charge is -2.24. The van der Waals surface area contributed by atoms with E-state index >= 15 is 0 Å². The summed E-state index contributed by atoms with van der Waals surface area (Å²) in [6.45, 7) is 2.04. The zero-order valence-corrected chi connectivity index (χ0v) is 13.5. The van der Waals surface area contributed by atoms with Crippen molar-refractivity contribution in [3.05, 3.63) is 54.6 Å². The Morgan fingerprint density at radius 3 is 2.50 bits per heavy atom. The summed E-state index contributed by atoms with van der Waals surface area (Å²) < 4.78 is 6.30. The number of nitrogens with one attached hydrogen (secondary N) is 1. The molecule has 2 aromatic carbocycles. The number of pyridine rings is 1. The van der Waals surface area contributed by atoms with Crippen molar-refractivity contribution in [2.24, 2.45) is 0 Å². The van der Waals surface area contributed by atoms with Crippen LogP contribution in [0.3, 0.4) is 0 Å². The third kappa shape index (κ3) is 2.93. The van der Waals surface area contributed by atoms with Crippen molar-refractivity contribution >= 4 is 16.6 Å². The molecule has 1 fully saturated rings. The monoisotopic (exact) mass is 319 g/mol. The summed E-state index contributed by atoms with van der Waals surface area (Å²) in [6.07, 6.45) is 2.38. The summed E-state index contributed by atoms with van der Waals surface area (Å²) in [4.78, 5) is 4.47. The topological polar surface area (TPSA) is 60.2 Å². The lowest BCUT2D eigenvalue weighted by molar-refractivity contribution is 0.164. The van der Waals surface area contributed by atoms with E-state index in [-0.39, 0.29) is 6.10 Å². The Morgan fingerprint density at radius 1 is 0.917 bits per heavy atom. The molecule has 0 spiro atoms. The van der Waals surface area contributed by atoms with Gasteiger partial charge in [0.2, 0.25) is 0 Å². The van der Waals surface area contributed by atoms with Gasteiger partial charge in [0.05, 0.1) is 5.69 Å². The first-order chi connectivity index (χ1) is 11.8. The lowest BCUT2D eigenvalue weighted by atomic mass is 10.0. The SMILES string of the molecule is Nc1cccc(-c2ccc(OC3CCNCC3)c3ccccc23)n1. The number of anilines is 1. The molecule has 0 bridgehead atoms. The fourth-order valence-corrected chi connectivity index (χ4v) is 3.29. The molecule has 0 saturated carbocycles. The van der Waals surface area contributed by atoms with Gasteiger partial charge in [0, 0.05) is 10.9 Å². The number of ether oxygens (including phenoxy) is 1. The van der Waals surface area contributed by atoms with Gasteiger partial charge in [0.25, 0.3) is 0 Å². The molecule has 4 nitrogen and oxygen atoms in total. The molecular weight excluding hydrogens is 298 g/mol. The molecule has 3 aromatic rings. The molecule has 1 saturated heterocycles. The van der Waals surface area contributed by atoms with Crippen molar-refractivity contribution in [1.29, 1.82) is 0 Å². The zero-order valence-electron chi connectivity index (χ0n) is 13.5. The van der Waals surface area contributed by atoms with Crippen LogP contribution in [0.4, 0.5) is 5.82 Å². The maximum absolute atomic E-state index is 6.30. The third-order valence-corrected chi connectivity index (χ3v) is 4.51. The van der Waals surface area contributed by atoms with E-state index in [2.05, 4.69) is 34.6 Å². The highest BCUT2D eigenvalue weighted by molar-refractivity contribution is 5.99. The molecule has 2 heterocycles. The normalized spacial score (nSPS) is 15.5. The van der Waals surface area contributed by atoms with Crippen LogP contribution in [0.5, 0.6) is 5.75 Å². The molecule has 0 aliphatic carbocycles. The Hall–Kier alpha value is -2.59. The van der Waals surface area contributed by atoms with Gasteiger partial charge in [-0.2, -0.15) is 0 Å². The van der Waals surface area contributed by atoms with Crippen LogP contribution in [0.15, 0.2) is 54.6 Å². The number of nitrogen functional groups attached to an aromatic ring is 1. The molecule has 4 heteroatoms. The van der Waals surface area contributed by atoms with Crippen LogP contribution in [0.1, 0.15) is 12.8 Å². The van der Waals surface area contributed by atoms with Gasteiger partial charge in [-0.1, -0.05) is 30.3 Å². The summed E-state index contributed by atoms with van der Waals surface area (Å²) in [6, 6.07) is 18.2. The van der Waals surface area contributed by atoms with Crippen molar-refractivity contribution in [2.75, 3.05) is 18.8 Å². The van der Waals surface area contributed by atoms with Crippen LogP contribution < -0.4 is 15.8 Å². The number of piperidine rings is 1. The second-order valence-electron chi connectivity index (χ2n) is 6.17. The van der Waals surface area contributed by atoms with Gasteiger partial charge in [-0.25, -0.2) is 4.98 Å². The number of nitrogens with two attached hydrogens (primary N) is 1.